The highest BCUT2D eigenvalue weighted by atomic mass is 19.1. The highest BCUT2D eigenvalue weighted by molar-refractivity contribution is 5.28. The number of hydrogen-bond donors (Lipinski definition) is 1. The molecule has 1 atom stereocenters. The maximum atomic E-state index is 13.1. The Hall–Kier alpha value is -1.09. The normalized spacial score (nSPS) is 13.5. The van der Waals surface area contributed by atoms with E-state index in [1.165, 1.54) is 6.07 Å². The molecule has 1 unspecified atom stereocenters. The second-order valence-corrected chi connectivity index (χ2v) is 5.47. The first-order valence-corrected chi connectivity index (χ1v) is 5.96. The van der Waals surface area contributed by atoms with Crippen molar-refractivity contribution >= 4 is 0 Å². The Balaban J connectivity index is 2.50. The summed E-state index contributed by atoms with van der Waals surface area (Å²) >= 11 is 0. The summed E-state index contributed by atoms with van der Waals surface area (Å²) in [5.41, 5.74) is 0.689. The summed E-state index contributed by atoms with van der Waals surface area (Å²) in [4.78, 5) is 0. The first-order chi connectivity index (χ1) is 7.78. The Morgan fingerprint density at radius 2 is 2.00 bits per heavy atom. The smallest absolute Gasteiger partial charge is 0.126 e. The fraction of sp³-hybridized carbons (Fsp3) is 0.571. The van der Waals surface area contributed by atoms with Crippen LogP contribution in [0.3, 0.4) is 0 Å². The van der Waals surface area contributed by atoms with E-state index in [9.17, 15) is 4.39 Å². The molecule has 0 bridgehead atoms. The monoisotopic (exact) mass is 239 g/mol. The van der Waals surface area contributed by atoms with Crippen molar-refractivity contribution < 1.29 is 9.13 Å². The van der Waals surface area contributed by atoms with Crippen LogP contribution in [0.5, 0.6) is 5.75 Å². The Morgan fingerprint density at radius 1 is 1.35 bits per heavy atom. The van der Waals surface area contributed by atoms with Crippen molar-refractivity contribution in [3.63, 3.8) is 0 Å². The topological polar surface area (TPSA) is 21.3 Å². The minimum atomic E-state index is -0.196. The number of halogens is 1. The van der Waals surface area contributed by atoms with Crippen molar-refractivity contribution in [1.82, 2.24) is 5.32 Å². The molecular formula is C14H22FNO. The minimum Gasteiger partial charge on any atom is -0.489 e. The van der Waals surface area contributed by atoms with E-state index in [1.54, 1.807) is 19.1 Å². The Kier molecular flexibility index (Phi) is 4.52. The van der Waals surface area contributed by atoms with Crippen LogP contribution in [0.15, 0.2) is 18.2 Å². The van der Waals surface area contributed by atoms with Gasteiger partial charge >= 0.3 is 0 Å². The molecule has 2 nitrogen and oxygen atoms in total. The van der Waals surface area contributed by atoms with Crippen molar-refractivity contribution in [2.45, 2.75) is 46.3 Å². The Labute approximate surface area is 103 Å². The zero-order valence-corrected chi connectivity index (χ0v) is 11.3. The van der Waals surface area contributed by atoms with Gasteiger partial charge in [-0.05, 0) is 58.4 Å². The molecule has 3 heteroatoms. The van der Waals surface area contributed by atoms with Crippen LogP contribution in [0.25, 0.3) is 0 Å². The molecule has 1 aromatic carbocycles. The van der Waals surface area contributed by atoms with Crippen molar-refractivity contribution in [3.8, 4) is 5.75 Å². The van der Waals surface area contributed by atoms with Crippen LogP contribution >= 0.6 is 0 Å². The van der Waals surface area contributed by atoms with E-state index in [0.29, 0.717) is 11.3 Å². The van der Waals surface area contributed by atoms with Crippen LogP contribution in [0.1, 0.15) is 33.3 Å². The molecule has 0 fully saturated rings. The molecule has 0 amide bonds. The van der Waals surface area contributed by atoms with Gasteiger partial charge in [-0.2, -0.15) is 0 Å². The highest BCUT2D eigenvalue weighted by Crippen LogP contribution is 2.17. The molecule has 96 valence electrons. The average Bonchev–Trinajstić information content (AvgIpc) is 2.20. The van der Waals surface area contributed by atoms with Crippen LogP contribution in [0, 0.1) is 12.7 Å². The second kappa shape index (κ2) is 5.50. The number of aryl methyl sites for hydroxylation is 1. The van der Waals surface area contributed by atoms with E-state index in [-0.39, 0.29) is 17.5 Å². The number of benzene rings is 1. The lowest BCUT2D eigenvalue weighted by atomic mass is 10.1. The molecule has 1 aromatic rings. The zero-order valence-electron chi connectivity index (χ0n) is 11.3. The molecule has 17 heavy (non-hydrogen) atoms. The first-order valence-electron chi connectivity index (χ1n) is 5.96. The molecule has 1 N–H and O–H groups in total. The number of ether oxygens (including phenoxy) is 1. The quantitative estimate of drug-likeness (QED) is 0.870. The van der Waals surface area contributed by atoms with Gasteiger partial charge in [0.15, 0.2) is 0 Å². The molecule has 0 aliphatic heterocycles. The van der Waals surface area contributed by atoms with Gasteiger partial charge in [0.05, 0.1) is 0 Å². The van der Waals surface area contributed by atoms with Crippen LogP contribution in [0.4, 0.5) is 4.39 Å². The number of hydrogen-bond acceptors (Lipinski definition) is 2. The van der Waals surface area contributed by atoms with Crippen molar-refractivity contribution in [2.24, 2.45) is 0 Å². The Morgan fingerprint density at radius 3 is 2.53 bits per heavy atom. The third kappa shape index (κ3) is 5.18. The molecule has 0 aliphatic rings. The summed E-state index contributed by atoms with van der Waals surface area (Å²) in [5.74, 6) is 0.518. The number of nitrogens with one attached hydrogen (secondary N) is 1. The fourth-order valence-corrected chi connectivity index (χ4v) is 1.41. The van der Waals surface area contributed by atoms with Gasteiger partial charge in [-0.15, -0.1) is 0 Å². The van der Waals surface area contributed by atoms with E-state index < -0.39 is 0 Å². The predicted molar refractivity (Wildman–Crippen MR) is 69.0 cm³/mol. The maximum absolute atomic E-state index is 13.1. The third-order valence-electron chi connectivity index (χ3n) is 2.39. The minimum absolute atomic E-state index is 0.0547. The fourth-order valence-electron chi connectivity index (χ4n) is 1.41. The van der Waals surface area contributed by atoms with Crippen molar-refractivity contribution in [2.75, 3.05) is 6.54 Å². The Bertz CT molecular complexity index is 371. The molecule has 1 rings (SSSR count). The molecule has 0 radical (unpaired) electrons. The van der Waals surface area contributed by atoms with Gasteiger partial charge in [0.25, 0.3) is 0 Å². The van der Waals surface area contributed by atoms with E-state index in [1.807, 2.05) is 6.92 Å². The summed E-state index contributed by atoms with van der Waals surface area (Å²) in [6, 6.07) is 4.83. The first kappa shape index (κ1) is 14.0. The van der Waals surface area contributed by atoms with Crippen molar-refractivity contribution in [1.29, 1.82) is 0 Å². The van der Waals surface area contributed by atoms with Crippen LogP contribution in [-0.4, -0.2) is 18.2 Å². The summed E-state index contributed by atoms with van der Waals surface area (Å²) in [6.45, 7) is 10.8. The van der Waals surface area contributed by atoms with E-state index >= 15 is 0 Å². The third-order valence-corrected chi connectivity index (χ3v) is 2.39. The summed E-state index contributed by atoms with van der Waals surface area (Å²) in [7, 11) is 0. The summed E-state index contributed by atoms with van der Waals surface area (Å²) in [5, 5.41) is 3.37. The standard InChI is InChI=1S/C14H22FNO/c1-10-8-12(6-7-13(10)15)17-11(2)9-16-14(3,4)5/h6-8,11,16H,9H2,1-5H3. The lowest BCUT2D eigenvalue weighted by Crippen LogP contribution is -2.41. The van der Waals surface area contributed by atoms with Gasteiger partial charge in [0, 0.05) is 12.1 Å². The molecule has 0 saturated heterocycles. The molecule has 0 aliphatic carbocycles. The molecule has 0 saturated carbocycles. The highest BCUT2D eigenvalue weighted by Gasteiger charge is 2.12. The largest absolute Gasteiger partial charge is 0.489 e. The summed E-state index contributed by atoms with van der Waals surface area (Å²) in [6.07, 6.45) is 0.0547. The lowest BCUT2D eigenvalue weighted by Gasteiger charge is -2.24. The van der Waals surface area contributed by atoms with E-state index in [2.05, 4.69) is 26.1 Å². The second-order valence-electron chi connectivity index (χ2n) is 5.47. The summed E-state index contributed by atoms with van der Waals surface area (Å²) < 4.78 is 18.8. The van der Waals surface area contributed by atoms with Gasteiger partial charge in [-0.25, -0.2) is 4.39 Å². The molecule has 0 spiro atoms. The van der Waals surface area contributed by atoms with Gasteiger partial charge in [-0.1, -0.05) is 0 Å². The average molecular weight is 239 g/mol. The number of rotatable bonds is 4. The van der Waals surface area contributed by atoms with Gasteiger partial charge in [0.2, 0.25) is 0 Å². The van der Waals surface area contributed by atoms with Gasteiger partial charge in [-0.3, -0.25) is 0 Å². The van der Waals surface area contributed by atoms with Crippen LogP contribution in [-0.2, 0) is 0 Å². The maximum Gasteiger partial charge on any atom is 0.126 e. The van der Waals surface area contributed by atoms with Crippen LogP contribution < -0.4 is 10.1 Å². The van der Waals surface area contributed by atoms with E-state index in [0.717, 1.165) is 6.54 Å². The molecule has 0 heterocycles. The van der Waals surface area contributed by atoms with Gasteiger partial charge < -0.3 is 10.1 Å². The molecular weight excluding hydrogens is 217 g/mol. The van der Waals surface area contributed by atoms with Crippen LogP contribution in [0.2, 0.25) is 0 Å². The van der Waals surface area contributed by atoms with Gasteiger partial charge in [0.1, 0.15) is 17.7 Å². The zero-order chi connectivity index (χ0) is 13.1. The van der Waals surface area contributed by atoms with E-state index in [4.69, 9.17) is 4.74 Å². The SMILES string of the molecule is Cc1cc(OC(C)CNC(C)(C)C)ccc1F. The predicted octanol–water partition coefficient (Wildman–Crippen LogP) is 3.29. The molecule has 0 aromatic heterocycles. The van der Waals surface area contributed by atoms with Crippen molar-refractivity contribution in [3.05, 3.63) is 29.6 Å². The lowest BCUT2D eigenvalue weighted by molar-refractivity contribution is 0.203.